The summed E-state index contributed by atoms with van der Waals surface area (Å²) in [7, 11) is 1.87. The van der Waals surface area contributed by atoms with Crippen LogP contribution in [0, 0.1) is 5.82 Å². The number of rotatable bonds is 5. The molecule has 27 heavy (non-hydrogen) atoms. The smallest absolute Gasteiger partial charge is 0.414 e. The molecule has 1 atom stereocenters. The van der Waals surface area contributed by atoms with E-state index in [1.807, 2.05) is 7.05 Å². The van der Waals surface area contributed by atoms with E-state index >= 15 is 0 Å². The van der Waals surface area contributed by atoms with E-state index in [9.17, 15) is 9.18 Å². The third-order valence-electron chi connectivity index (χ3n) is 4.69. The Hall–Kier alpha value is -3.10. The molecule has 0 unspecified atom stereocenters. The molecule has 2 aliphatic heterocycles. The number of aromatic nitrogens is 1. The number of benzene rings is 1. The van der Waals surface area contributed by atoms with Crippen LogP contribution in [0.5, 0.6) is 0 Å². The van der Waals surface area contributed by atoms with Crippen LogP contribution in [-0.2, 0) is 11.2 Å². The summed E-state index contributed by atoms with van der Waals surface area (Å²) in [5.74, 6) is -0.401. The Morgan fingerprint density at radius 3 is 2.89 bits per heavy atom. The molecule has 1 amide bonds. The van der Waals surface area contributed by atoms with E-state index in [-0.39, 0.29) is 6.10 Å². The van der Waals surface area contributed by atoms with Crippen molar-refractivity contribution in [3.05, 3.63) is 42.0 Å². The highest BCUT2D eigenvalue weighted by atomic mass is 19.1. The van der Waals surface area contributed by atoms with Gasteiger partial charge in [-0.3, -0.25) is 9.91 Å². The first kappa shape index (κ1) is 17.3. The highest BCUT2D eigenvalue weighted by Crippen LogP contribution is 2.28. The molecule has 0 saturated carbocycles. The maximum atomic E-state index is 14.6. The van der Waals surface area contributed by atoms with E-state index in [1.54, 1.807) is 34.4 Å². The zero-order chi connectivity index (χ0) is 18.8. The Bertz CT molecular complexity index is 842. The van der Waals surface area contributed by atoms with Gasteiger partial charge in [-0.05, 0) is 31.0 Å². The molecule has 4 rings (SSSR count). The second-order valence-electron chi connectivity index (χ2n) is 6.59. The molecule has 1 fully saturated rings. The Morgan fingerprint density at radius 1 is 1.30 bits per heavy atom. The van der Waals surface area contributed by atoms with Gasteiger partial charge < -0.3 is 14.2 Å². The van der Waals surface area contributed by atoms with Crippen LogP contribution in [0.2, 0.25) is 0 Å². The van der Waals surface area contributed by atoms with Gasteiger partial charge in [0.25, 0.3) is 0 Å². The first-order chi connectivity index (χ1) is 13.1. The number of carbonyl (C=O) groups excluding carboxylic acids is 1. The lowest BCUT2D eigenvalue weighted by Crippen LogP contribution is -2.36. The second kappa shape index (κ2) is 7.26. The van der Waals surface area contributed by atoms with Crippen molar-refractivity contribution in [2.45, 2.75) is 18.9 Å². The second-order valence-corrected chi connectivity index (χ2v) is 6.59. The summed E-state index contributed by atoms with van der Waals surface area (Å²) in [4.78, 5) is 15.4. The van der Waals surface area contributed by atoms with E-state index in [1.165, 1.54) is 17.2 Å². The molecule has 1 aromatic heterocycles. The van der Waals surface area contributed by atoms with E-state index in [4.69, 9.17) is 9.26 Å². The van der Waals surface area contributed by atoms with E-state index in [0.29, 0.717) is 43.9 Å². The predicted octanol–water partition coefficient (Wildman–Crippen LogP) is 2.47. The number of cyclic esters (lactones) is 1. The summed E-state index contributed by atoms with van der Waals surface area (Å²) in [5, 5.41) is 9.80. The zero-order valence-corrected chi connectivity index (χ0v) is 14.9. The van der Waals surface area contributed by atoms with Gasteiger partial charge in [0.2, 0.25) is 0 Å². The first-order valence-electron chi connectivity index (χ1n) is 8.79. The molecule has 1 saturated heterocycles. The molecule has 2 aromatic rings. The van der Waals surface area contributed by atoms with Gasteiger partial charge in [0.05, 0.1) is 30.2 Å². The van der Waals surface area contributed by atoms with Gasteiger partial charge in [0.1, 0.15) is 24.5 Å². The topological polar surface area (TPSA) is 74.4 Å². The molecule has 0 aliphatic carbocycles. The summed E-state index contributed by atoms with van der Waals surface area (Å²) in [6.07, 6.45) is 3.67. The summed E-state index contributed by atoms with van der Waals surface area (Å²) in [6.45, 7) is 1.74. The molecule has 0 bridgehead atoms. The SMILES string of the molecule is CN1CCN(c2ccc(N3C[C@H](CCc4ccon4)OC3=O)cc2F)C=N1. The number of anilines is 2. The van der Waals surface area contributed by atoms with Crippen LogP contribution >= 0.6 is 0 Å². The zero-order valence-electron chi connectivity index (χ0n) is 14.9. The van der Waals surface area contributed by atoms with Crippen LogP contribution in [-0.4, -0.2) is 55.4 Å². The lowest BCUT2D eigenvalue weighted by molar-refractivity contribution is 0.136. The number of hydrogen-bond acceptors (Lipinski definition) is 7. The van der Waals surface area contributed by atoms with Crippen molar-refractivity contribution in [1.82, 2.24) is 10.2 Å². The molecule has 142 valence electrons. The van der Waals surface area contributed by atoms with Crippen LogP contribution in [0.3, 0.4) is 0 Å². The number of amides is 1. The lowest BCUT2D eigenvalue weighted by Gasteiger charge is -2.28. The molecule has 8 nitrogen and oxygen atoms in total. The molecule has 9 heteroatoms. The molecule has 1 aromatic carbocycles. The molecular formula is C18H20FN5O3. The average molecular weight is 373 g/mol. The minimum absolute atomic E-state index is 0.262. The highest BCUT2D eigenvalue weighted by molar-refractivity contribution is 5.90. The van der Waals surface area contributed by atoms with Gasteiger partial charge in [-0.15, -0.1) is 0 Å². The van der Waals surface area contributed by atoms with Gasteiger partial charge in [0, 0.05) is 19.7 Å². The standard InChI is InChI=1S/C18H20FN5O3/c1-22-7-8-23(12-20-22)17-5-3-14(10-16(17)19)24-11-15(27-18(24)25)4-2-13-6-9-26-21-13/h3,5-6,9-10,12,15H,2,4,7-8,11H2,1H3/t15-/m0/s1. The third kappa shape index (κ3) is 3.71. The normalized spacial score (nSPS) is 19.7. The van der Waals surface area contributed by atoms with Gasteiger partial charge in [-0.1, -0.05) is 5.16 Å². The Balaban J connectivity index is 1.43. The fraction of sp³-hybridized carbons (Fsp3) is 0.389. The van der Waals surface area contributed by atoms with Crippen molar-refractivity contribution in [2.75, 3.05) is 36.5 Å². The Morgan fingerprint density at radius 2 is 2.19 bits per heavy atom. The van der Waals surface area contributed by atoms with E-state index < -0.39 is 11.9 Å². The molecule has 2 aliphatic rings. The summed E-state index contributed by atoms with van der Waals surface area (Å²) in [5.41, 5.74) is 1.73. The first-order valence-corrected chi connectivity index (χ1v) is 8.79. The van der Waals surface area contributed by atoms with Gasteiger partial charge >= 0.3 is 6.09 Å². The van der Waals surface area contributed by atoms with Crippen molar-refractivity contribution < 1.29 is 18.4 Å². The monoisotopic (exact) mass is 373 g/mol. The van der Waals surface area contributed by atoms with Crippen molar-refractivity contribution in [2.24, 2.45) is 5.10 Å². The van der Waals surface area contributed by atoms with Crippen LogP contribution in [0.4, 0.5) is 20.6 Å². The Labute approximate surface area is 155 Å². The van der Waals surface area contributed by atoms with Crippen molar-refractivity contribution >= 4 is 23.8 Å². The number of nitrogens with zero attached hydrogens (tertiary/aromatic N) is 5. The van der Waals surface area contributed by atoms with Crippen LogP contribution in [0.1, 0.15) is 12.1 Å². The fourth-order valence-electron chi connectivity index (χ4n) is 3.16. The van der Waals surface area contributed by atoms with Crippen molar-refractivity contribution in [3.63, 3.8) is 0 Å². The van der Waals surface area contributed by atoms with Gasteiger partial charge in [0.15, 0.2) is 0 Å². The number of aryl methyl sites for hydroxylation is 1. The molecule has 3 heterocycles. The molecule has 0 N–H and O–H groups in total. The van der Waals surface area contributed by atoms with Gasteiger partial charge in [-0.25, -0.2) is 9.18 Å². The third-order valence-corrected chi connectivity index (χ3v) is 4.69. The van der Waals surface area contributed by atoms with E-state index in [2.05, 4.69) is 10.3 Å². The minimum atomic E-state index is -0.464. The summed E-state index contributed by atoms with van der Waals surface area (Å²) >= 11 is 0. The van der Waals surface area contributed by atoms with Gasteiger partial charge in [-0.2, -0.15) is 5.10 Å². The summed E-state index contributed by atoms with van der Waals surface area (Å²) in [6, 6.07) is 6.54. The predicted molar refractivity (Wildman–Crippen MR) is 97.3 cm³/mol. The van der Waals surface area contributed by atoms with Crippen LogP contribution in [0.15, 0.2) is 40.2 Å². The number of halogens is 1. The largest absolute Gasteiger partial charge is 0.444 e. The molecule has 0 spiro atoms. The maximum Gasteiger partial charge on any atom is 0.414 e. The fourth-order valence-corrected chi connectivity index (χ4v) is 3.16. The highest BCUT2D eigenvalue weighted by Gasteiger charge is 2.32. The number of hydrogen-bond donors (Lipinski definition) is 0. The maximum absolute atomic E-state index is 14.6. The molecule has 0 radical (unpaired) electrons. The minimum Gasteiger partial charge on any atom is -0.444 e. The quantitative estimate of drug-likeness (QED) is 0.802. The van der Waals surface area contributed by atoms with Crippen molar-refractivity contribution in [1.29, 1.82) is 0 Å². The Kier molecular flexibility index (Phi) is 4.66. The molecular weight excluding hydrogens is 353 g/mol. The summed E-state index contributed by atoms with van der Waals surface area (Å²) < 4.78 is 24.8. The van der Waals surface area contributed by atoms with Crippen molar-refractivity contribution in [3.8, 4) is 0 Å². The lowest BCUT2D eigenvalue weighted by atomic mass is 10.1. The number of hydrazone groups is 1. The van der Waals surface area contributed by atoms with Crippen LogP contribution in [0.25, 0.3) is 0 Å². The van der Waals surface area contributed by atoms with Crippen LogP contribution < -0.4 is 9.80 Å². The number of carbonyl (C=O) groups is 1. The van der Waals surface area contributed by atoms with E-state index in [0.717, 1.165) is 5.69 Å². The number of likely N-dealkylation sites (N-methyl/N-ethyl adjacent to an activating group) is 1. The number of ether oxygens (including phenoxy) is 1. The average Bonchev–Trinajstić information content (AvgIpc) is 3.30.